The van der Waals surface area contributed by atoms with Crippen LogP contribution in [0.2, 0.25) is 0 Å². The van der Waals surface area contributed by atoms with E-state index in [0.29, 0.717) is 11.9 Å². The third-order valence-corrected chi connectivity index (χ3v) is 4.09. The summed E-state index contributed by atoms with van der Waals surface area (Å²) in [5, 5.41) is 8.84. The lowest BCUT2D eigenvalue weighted by atomic mass is 10.2. The molecule has 0 aliphatic carbocycles. The third-order valence-electron chi connectivity index (χ3n) is 4.09. The summed E-state index contributed by atoms with van der Waals surface area (Å²) in [5.41, 5.74) is 1.21. The number of carboxylic acid groups (broad SMARTS) is 1. The molecule has 0 aromatic heterocycles. The van der Waals surface area contributed by atoms with Crippen LogP contribution in [0, 0.1) is 0 Å². The van der Waals surface area contributed by atoms with Crippen molar-refractivity contribution in [3.05, 3.63) is 29.8 Å². The van der Waals surface area contributed by atoms with Gasteiger partial charge in [0.15, 0.2) is 6.10 Å². The number of carboxylic acids is 1. The maximum absolute atomic E-state index is 10.8. The van der Waals surface area contributed by atoms with Crippen molar-refractivity contribution in [2.24, 2.45) is 0 Å². The SMILES string of the molecule is COC1CCCN(Cc2ccc(OC(C)C(=O)O)cc2)CC1. The van der Waals surface area contributed by atoms with Crippen molar-refractivity contribution in [3.8, 4) is 5.75 Å². The van der Waals surface area contributed by atoms with Crippen LogP contribution in [0.4, 0.5) is 0 Å². The maximum atomic E-state index is 10.8. The molecule has 5 heteroatoms. The number of nitrogens with zero attached hydrogens (tertiary/aromatic N) is 1. The van der Waals surface area contributed by atoms with E-state index in [9.17, 15) is 4.79 Å². The monoisotopic (exact) mass is 307 g/mol. The highest BCUT2D eigenvalue weighted by atomic mass is 16.5. The second-order valence-electron chi connectivity index (χ2n) is 5.81. The molecule has 1 heterocycles. The maximum Gasteiger partial charge on any atom is 0.344 e. The summed E-state index contributed by atoms with van der Waals surface area (Å²) in [4.78, 5) is 13.2. The van der Waals surface area contributed by atoms with Crippen LogP contribution in [-0.4, -0.2) is 48.4 Å². The Labute approximate surface area is 131 Å². The standard InChI is InChI=1S/C17H25NO4/c1-13(17(19)20)22-16-7-5-14(6-8-16)12-18-10-3-4-15(21-2)9-11-18/h5-8,13,15H,3-4,9-12H2,1-2H3,(H,19,20). The molecule has 2 unspecified atom stereocenters. The molecule has 2 atom stereocenters. The molecule has 0 radical (unpaired) electrons. The summed E-state index contributed by atoms with van der Waals surface area (Å²) in [6.07, 6.45) is 2.93. The number of aliphatic carboxylic acids is 1. The Kier molecular flexibility index (Phi) is 6.21. The first-order valence-electron chi connectivity index (χ1n) is 7.82. The van der Waals surface area contributed by atoms with Crippen molar-refractivity contribution in [1.29, 1.82) is 0 Å². The first-order valence-corrected chi connectivity index (χ1v) is 7.82. The number of hydrogen-bond donors (Lipinski definition) is 1. The molecule has 1 aliphatic heterocycles. The zero-order chi connectivity index (χ0) is 15.9. The molecule has 2 rings (SSSR count). The van der Waals surface area contributed by atoms with Crippen molar-refractivity contribution in [2.45, 2.75) is 44.9 Å². The van der Waals surface area contributed by atoms with Gasteiger partial charge in [0, 0.05) is 20.2 Å². The van der Waals surface area contributed by atoms with Gasteiger partial charge in [-0.1, -0.05) is 12.1 Å². The van der Waals surface area contributed by atoms with E-state index >= 15 is 0 Å². The Morgan fingerprint density at radius 1 is 1.32 bits per heavy atom. The Hall–Kier alpha value is -1.59. The highest BCUT2D eigenvalue weighted by Crippen LogP contribution is 2.18. The molecule has 122 valence electrons. The number of carbonyl (C=O) groups is 1. The van der Waals surface area contributed by atoms with Crippen LogP contribution >= 0.6 is 0 Å². The van der Waals surface area contributed by atoms with Gasteiger partial charge in [-0.2, -0.15) is 0 Å². The Morgan fingerprint density at radius 2 is 2.05 bits per heavy atom. The Morgan fingerprint density at radius 3 is 2.68 bits per heavy atom. The van der Waals surface area contributed by atoms with Gasteiger partial charge in [0.1, 0.15) is 5.75 Å². The summed E-state index contributed by atoms with van der Waals surface area (Å²) < 4.78 is 10.8. The molecule has 1 N–H and O–H groups in total. The van der Waals surface area contributed by atoms with Crippen LogP contribution in [0.3, 0.4) is 0 Å². The van der Waals surface area contributed by atoms with E-state index in [-0.39, 0.29) is 0 Å². The molecule has 0 saturated carbocycles. The summed E-state index contributed by atoms with van der Waals surface area (Å²) in [5.74, 6) is -0.365. The van der Waals surface area contributed by atoms with Gasteiger partial charge in [-0.3, -0.25) is 4.90 Å². The van der Waals surface area contributed by atoms with Gasteiger partial charge in [-0.15, -0.1) is 0 Å². The summed E-state index contributed by atoms with van der Waals surface area (Å²) >= 11 is 0. The molecule has 0 amide bonds. The lowest BCUT2D eigenvalue weighted by Gasteiger charge is -2.20. The number of benzene rings is 1. The van der Waals surface area contributed by atoms with Gasteiger partial charge < -0.3 is 14.6 Å². The first-order chi connectivity index (χ1) is 10.6. The van der Waals surface area contributed by atoms with Gasteiger partial charge in [-0.05, 0) is 50.4 Å². The normalized spacial score (nSPS) is 21.1. The average molecular weight is 307 g/mol. The molecule has 1 fully saturated rings. The quantitative estimate of drug-likeness (QED) is 0.875. The summed E-state index contributed by atoms with van der Waals surface area (Å²) in [7, 11) is 1.79. The molecule has 1 aliphatic rings. The van der Waals surface area contributed by atoms with Crippen LogP contribution in [0.15, 0.2) is 24.3 Å². The van der Waals surface area contributed by atoms with E-state index in [2.05, 4.69) is 4.90 Å². The largest absolute Gasteiger partial charge is 0.479 e. The van der Waals surface area contributed by atoms with Gasteiger partial charge in [0.2, 0.25) is 0 Å². The minimum absolute atomic E-state index is 0.387. The highest BCUT2D eigenvalue weighted by molar-refractivity contribution is 5.72. The minimum Gasteiger partial charge on any atom is -0.479 e. The molecule has 0 bridgehead atoms. The predicted molar refractivity (Wildman–Crippen MR) is 84.1 cm³/mol. The third kappa shape index (κ3) is 5.00. The number of hydrogen-bond acceptors (Lipinski definition) is 4. The van der Waals surface area contributed by atoms with E-state index in [4.69, 9.17) is 14.6 Å². The lowest BCUT2D eigenvalue weighted by Crippen LogP contribution is -2.25. The van der Waals surface area contributed by atoms with Crippen LogP contribution in [0.1, 0.15) is 31.7 Å². The fourth-order valence-corrected chi connectivity index (χ4v) is 2.71. The zero-order valence-electron chi connectivity index (χ0n) is 13.3. The average Bonchev–Trinajstić information content (AvgIpc) is 2.74. The van der Waals surface area contributed by atoms with Crippen LogP contribution in [0.5, 0.6) is 5.75 Å². The summed E-state index contributed by atoms with van der Waals surface area (Å²) in [6.45, 7) is 4.58. The minimum atomic E-state index is -0.957. The fraction of sp³-hybridized carbons (Fsp3) is 0.588. The zero-order valence-corrected chi connectivity index (χ0v) is 13.3. The van der Waals surface area contributed by atoms with E-state index in [0.717, 1.165) is 38.9 Å². The van der Waals surface area contributed by atoms with Crippen molar-refractivity contribution in [1.82, 2.24) is 4.90 Å². The summed E-state index contributed by atoms with van der Waals surface area (Å²) in [6, 6.07) is 7.68. The van der Waals surface area contributed by atoms with Crippen LogP contribution in [-0.2, 0) is 16.1 Å². The fourth-order valence-electron chi connectivity index (χ4n) is 2.71. The molecule has 1 aromatic carbocycles. The number of ether oxygens (including phenoxy) is 2. The van der Waals surface area contributed by atoms with E-state index in [1.54, 1.807) is 7.11 Å². The van der Waals surface area contributed by atoms with Crippen molar-refractivity contribution < 1.29 is 19.4 Å². The van der Waals surface area contributed by atoms with Gasteiger partial charge in [-0.25, -0.2) is 4.79 Å². The Balaban J connectivity index is 1.87. The molecule has 5 nitrogen and oxygen atoms in total. The molecular formula is C17H25NO4. The smallest absolute Gasteiger partial charge is 0.344 e. The molecule has 1 aromatic rings. The predicted octanol–water partition coefficient (Wildman–Crippen LogP) is 2.54. The van der Waals surface area contributed by atoms with Crippen LogP contribution < -0.4 is 4.74 Å². The van der Waals surface area contributed by atoms with E-state index in [1.807, 2.05) is 24.3 Å². The first kappa shape index (κ1) is 16.8. The molecule has 22 heavy (non-hydrogen) atoms. The van der Waals surface area contributed by atoms with Gasteiger partial charge in [0.25, 0.3) is 0 Å². The second-order valence-corrected chi connectivity index (χ2v) is 5.81. The van der Waals surface area contributed by atoms with Gasteiger partial charge in [0.05, 0.1) is 6.10 Å². The van der Waals surface area contributed by atoms with E-state index in [1.165, 1.54) is 12.5 Å². The van der Waals surface area contributed by atoms with Gasteiger partial charge >= 0.3 is 5.97 Å². The highest BCUT2D eigenvalue weighted by Gasteiger charge is 2.17. The topological polar surface area (TPSA) is 59.0 Å². The van der Waals surface area contributed by atoms with E-state index < -0.39 is 12.1 Å². The van der Waals surface area contributed by atoms with Crippen LogP contribution in [0.25, 0.3) is 0 Å². The second kappa shape index (κ2) is 8.15. The number of methoxy groups -OCH3 is 1. The number of likely N-dealkylation sites (tertiary alicyclic amines) is 1. The molecular weight excluding hydrogens is 282 g/mol. The van der Waals surface area contributed by atoms with Crippen molar-refractivity contribution in [3.63, 3.8) is 0 Å². The number of rotatable bonds is 6. The Bertz CT molecular complexity index is 474. The lowest BCUT2D eigenvalue weighted by molar-refractivity contribution is -0.144. The molecule has 0 spiro atoms. The molecule has 1 saturated heterocycles. The van der Waals surface area contributed by atoms with Crippen molar-refractivity contribution in [2.75, 3.05) is 20.2 Å². The van der Waals surface area contributed by atoms with Crippen molar-refractivity contribution >= 4 is 5.97 Å².